The van der Waals surface area contributed by atoms with E-state index in [-0.39, 0.29) is 0 Å². The van der Waals surface area contributed by atoms with E-state index in [9.17, 15) is 0 Å². The van der Waals surface area contributed by atoms with Gasteiger partial charge in [0.1, 0.15) is 0 Å². The van der Waals surface area contributed by atoms with Crippen LogP contribution in [0.4, 0.5) is 0 Å². The van der Waals surface area contributed by atoms with Gasteiger partial charge in [0.25, 0.3) is 0 Å². The number of pyridine rings is 1. The summed E-state index contributed by atoms with van der Waals surface area (Å²) in [7, 11) is 0. The zero-order valence-corrected chi connectivity index (χ0v) is 33.5. The van der Waals surface area contributed by atoms with E-state index < -0.39 is 0 Å². The van der Waals surface area contributed by atoms with Crippen LogP contribution < -0.4 is 0 Å². The number of aromatic nitrogens is 6. The molecule has 6 heteroatoms. The normalized spacial score (nSPS) is 11.5. The third kappa shape index (κ3) is 5.96. The van der Waals surface area contributed by atoms with E-state index in [4.69, 9.17) is 19.9 Å². The van der Waals surface area contributed by atoms with Gasteiger partial charge in [0.2, 0.25) is 0 Å². The van der Waals surface area contributed by atoms with Crippen molar-refractivity contribution in [1.29, 1.82) is 0 Å². The molecule has 62 heavy (non-hydrogen) atoms. The maximum atomic E-state index is 5.01. The fourth-order valence-electron chi connectivity index (χ4n) is 9.00. The summed E-state index contributed by atoms with van der Waals surface area (Å²) in [6.07, 6.45) is 1.86. The molecule has 0 bridgehead atoms. The summed E-state index contributed by atoms with van der Waals surface area (Å²) in [4.78, 5) is 19.9. The minimum atomic E-state index is 0.593. The van der Waals surface area contributed by atoms with Crippen LogP contribution >= 0.6 is 0 Å². The second-order valence-corrected chi connectivity index (χ2v) is 15.5. The highest BCUT2D eigenvalue weighted by atomic mass is 15.0. The van der Waals surface area contributed by atoms with Crippen molar-refractivity contribution >= 4 is 43.6 Å². The molecule has 8 aromatic carbocycles. The van der Waals surface area contributed by atoms with Crippen LogP contribution in [0.2, 0.25) is 0 Å². The van der Waals surface area contributed by atoms with Gasteiger partial charge < -0.3 is 9.13 Å². The van der Waals surface area contributed by atoms with Gasteiger partial charge in [-0.15, -0.1) is 0 Å². The van der Waals surface area contributed by atoms with Gasteiger partial charge in [0.05, 0.1) is 27.8 Å². The molecule has 0 aliphatic carbocycles. The number of fused-ring (bicyclic) bond motifs is 6. The third-order valence-corrected chi connectivity index (χ3v) is 11.8. The van der Waals surface area contributed by atoms with Crippen molar-refractivity contribution in [2.45, 2.75) is 0 Å². The van der Waals surface area contributed by atoms with E-state index in [2.05, 4.69) is 155 Å². The van der Waals surface area contributed by atoms with Crippen LogP contribution in [-0.4, -0.2) is 29.1 Å². The molecular weight excluding hydrogens is 757 g/mol. The van der Waals surface area contributed by atoms with Crippen molar-refractivity contribution in [3.05, 3.63) is 219 Å². The first-order valence-electron chi connectivity index (χ1n) is 20.8. The van der Waals surface area contributed by atoms with E-state index in [0.29, 0.717) is 17.5 Å². The molecule has 0 unspecified atom stereocenters. The molecule has 0 radical (unpaired) electrons. The number of hydrogen-bond acceptors (Lipinski definition) is 4. The lowest BCUT2D eigenvalue weighted by Crippen LogP contribution is -2.00. The van der Waals surface area contributed by atoms with E-state index in [1.54, 1.807) is 0 Å². The lowest BCUT2D eigenvalue weighted by molar-refractivity contribution is 1.07. The van der Waals surface area contributed by atoms with E-state index >= 15 is 0 Å². The molecule has 0 amide bonds. The van der Waals surface area contributed by atoms with E-state index in [0.717, 1.165) is 66.7 Å². The molecule has 290 valence electrons. The molecule has 6 nitrogen and oxygen atoms in total. The van der Waals surface area contributed by atoms with Crippen molar-refractivity contribution in [3.63, 3.8) is 0 Å². The lowest BCUT2D eigenvalue weighted by Gasteiger charge is -2.12. The van der Waals surface area contributed by atoms with Crippen molar-refractivity contribution in [1.82, 2.24) is 29.1 Å². The summed E-state index contributed by atoms with van der Waals surface area (Å²) >= 11 is 0. The Kier molecular flexibility index (Phi) is 8.38. The minimum Gasteiger partial charge on any atom is -0.309 e. The molecule has 0 atom stereocenters. The minimum absolute atomic E-state index is 0.593. The Morgan fingerprint density at radius 2 is 0.823 bits per heavy atom. The number of nitrogens with zero attached hydrogens (tertiary/aromatic N) is 6. The third-order valence-electron chi connectivity index (χ3n) is 11.8. The van der Waals surface area contributed by atoms with Gasteiger partial charge in [0.15, 0.2) is 17.5 Å². The molecule has 0 aliphatic rings. The highest BCUT2D eigenvalue weighted by Gasteiger charge is 2.19. The van der Waals surface area contributed by atoms with E-state index in [1.807, 2.05) is 72.9 Å². The molecule has 4 heterocycles. The molecule has 12 rings (SSSR count). The van der Waals surface area contributed by atoms with Gasteiger partial charge in [-0.2, -0.15) is 0 Å². The maximum absolute atomic E-state index is 5.01. The van der Waals surface area contributed by atoms with Crippen LogP contribution in [0.15, 0.2) is 219 Å². The van der Waals surface area contributed by atoms with Crippen molar-refractivity contribution in [3.8, 4) is 67.9 Å². The molecule has 0 saturated carbocycles. The van der Waals surface area contributed by atoms with Crippen LogP contribution in [0.3, 0.4) is 0 Å². The standard InChI is InChI=1S/C56H36N6/c1-4-16-37(17-5-1)54-58-55(38-18-6-2-7-19-38)60-56(59-54)41-32-33-57-48(36-41)45-26-15-29-52-53(45)46-25-11-13-28-50(46)62(52)43-23-14-20-39(34-43)40-30-31-51-47(35-40)44-24-10-12-27-49(44)61(51)42-21-8-3-9-22-42/h1-36H. The van der Waals surface area contributed by atoms with Gasteiger partial charge in [-0.25, -0.2) is 15.0 Å². The summed E-state index contributed by atoms with van der Waals surface area (Å²) in [6.45, 7) is 0. The maximum Gasteiger partial charge on any atom is 0.164 e. The molecule has 0 N–H and O–H groups in total. The fraction of sp³-hybridized carbons (Fsp3) is 0. The van der Waals surface area contributed by atoms with Crippen LogP contribution in [0, 0.1) is 0 Å². The Labute approximate surface area is 357 Å². The predicted molar refractivity (Wildman–Crippen MR) is 253 cm³/mol. The summed E-state index contributed by atoms with van der Waals surface area (Å²) in [6, 6.07) is 74.4. The largest absolute Gasteiger partial charge is 0.309 e. The number of hydrogen-bond donors (Lipinski definition) is 0. The number of para-hydroxylation sites is 3. The average molecular weight is 793 g/mol. The summed E-state index contributed by atoms with van der Waals surface area (Å²) in [5.41, 5.74) is 13.8. The van der Waals surface area contributed by atoms with Gasteiger partial charge in [-0.3, -0.25) is 4.98 Å². The fourth-order valence-corrected chi connectivity index (χ4v) is 9.00. The highest BCUT2D eigenvalue weighted by Crippen LogP contribution is 2.40. The molecule has 0 spiro atoms. The molecule has 12 aromatic rings. The lowest BCUT2D eigenvalue weighted by atomic mass is 10.0. The Balaban J connectivity index is 0.983. The van der Waals surface area contributed by atoms with Crippen molar-refractivity contribution < 1.29 is 0 Å². The molecular formula is C56H36N6. The van der Waals surface area contributed by atoms with Gasteiger partial charge in [-0.05, 0) is 77.9 Å². The quantitative estimate of drug-likeness (QED) is 0.161. The first-order valence-corrected chi connectivity index (χ1v) is 20.8. The highest BCUT2D eigenvalue weighted by molar-refractivity contribution is 6.16. The summed E-state index contributed by atoms with van der Waals surface area (Å²) in [5.74, 6) is 1.84. The second-order valence-electron chi connectivity index (χ2n) is 15.5. The molecule has 0 aliphatic heterocycles. The zero-order chi connectivity index (χ0) is 41.0. The smallest absolute Gasteiger partial charge is 0.164 e. The second kappa shape index (κ2) is 14.7. The Morgan fingerprint density at radius 3 is 1.55 bits per heavy atom. The average Bonchev–Trinajstić information content (AvgIpc) is 3.87. The first-order chi connectivity index (χ1) is 30.7. The Morgan fingerprint density at radius 1 is 0.306 bits per heavy atom. The zero-order valence-electron chi connectivity index (χ0n) is 33.5. The predicted octanol–water partition coefficient (Wildman–Crippen LogP) is 13.8. The SMILES string of the molecule is c1ccc(-c2nc(-c3ccccc3)nc(-c3ccnc(-c4cccc5c4c4ccccc4n5-c4cccc(-c5ccc6c(c5)c5ccccc5n6-c5ccccc5)c4)c3)n2)cc1. The topological polar surface area (TPSA) is 61.4 Å². The Hall–Kier alpha value is -8.48. The van der Waals surface area contributed by atoms with Crippen LogP contribution in [0.1, 0.15) is 0 Å². The van der Waals surface area contributed by atoms with Crippen LogP contribution in [0.25, 0.3) is 112 Å². The van der Waals surface area contributed by atoms with Gasteiger partial charge in [-0.1, -0.05) is 146 Å². The number of benzene rings is 8. The molecule has 0 saturated heterocycles. The van der Waals surface area contributed by atoms with Crippen molar-refractivity contribution in [2.75, 3.05) is 0 Å². The summed E-state index contributed by atoms with van der Waals surface area (Å²) in [5, 5.41) is 4.76. The van der Waals surface area contributed by atoms with Crippen LogP contribution in [-0.2, 0) is 0 Å². The van der Waals surface area contributed by atoms with E-state index in [1.165, 1.54) is 27.4 Å². The molecule has 4 aromatic heterocycles. The Bertz CT molecular complexity index is 3570. The molecule has 0 fully saturated rings. The van der Waals surface area contributed by atoms with Gasteiger partial charge >= 0.3 is 0 Å². The van der Waals surface area contributed by atoms with Crippen molar-refractivity contribution in [2.24, 2.45) is 0 Å². The first kappa shape index (κ1) is 35.5. The monoisotopic (exact) mass is 792 g/mol. The van der Waals surface area contributed by atoms with Gasteiger partial charge in [0, 0.05) is 61.4 Å². The summed E-state index contributed by atoms with van der Waals surface area (Å²) < 4.78 is 4.74. The van der Waals surface area contributed by atoms with Crippen LogP contribution in [0.5, 0.6) is 0 Å². The number of rotatable bonds is 7.